The maximum atomic E-state index is 12.8. The number of hydrogen-bond acceptors (Lipinski definition) is 4. The van der Waals surface area contributed by atoms with Crippen molar-refractivity contribution in [1.29, 1.82) is 0 Å². The maximum absolute atomic E-state index is 12.8. The normalized spacial score (nSPS) is 13.1. The Bertz CT molecular complexity index is 700. The van der Waals surface area contributed by atoms with Crippen molar-refractivity contribution in [1.82, 2.24) is 10.2 Å². The zero-order valence-corrected chi connectivity index (χ0v) is 12.8. The molecule has 0 bridgehead atoms. The quantitative estimate of drug-likeness (QED) is 0.876. The summed E-state index contributed by atoms with van der Waals surface area (Å²) in [6, 6.07) is 3.31. The number of carbonyl (C=O) groups is 1. The van der Waals surface area contributed by atoms with Gasteiger partial charge in [0, 0.05) is 11.4 Å². The molecular formula is C13H10BrF3N2O3. The molecule has 1 heterocycles. The molecule has 5 nitrogen and oxygen atoms in total. The van der Waals surface area contributed by atoms with Crippen molar-refractivity contribution in [2.24, 2.45) is 0 Å². The van der Waals surface area contributed by atoms with Crippen LogP contribution in [0.15, 0.2) is 27.1 Å². The van der Waals surface area contributed by atoms with Crippen LogP contribution in [0.3, 0.4) is 0 Å². The van der Waals surface area contributed by atoms with E-state index < -0.39 is 23.6 Å². The molecule has 0 aliphatic carbocycles. The van der Waals surface area contributed by atoms with E-state index in [-0.39, 0.29) is 22.7 Å². The maximum Gasteiger partial charge on any atom is 0.417 e. The van der Waals surface area contributed by atoms with Crippen molar-refractivity contribution in [3.63, 3.8) is 0 Å². The Labute approximate surface area is 131 Å². The number of aliphatic carboxylic acids is 1. The molecule has 0 amide bonds. The van der Waals surface area contributed by atoms with Gasteiger partial charge < -0.3 is 9.52 Å². The van der Waals surface area contributed by atoms with Crippen LogP contribution in [0.25, 0.3) is 0 Å². The van der Waals surface area contributed by atoms with E-state index in [2.05, 4.69) is 26.1 Å². The Morgan fingerprint density at radius 1 is 1.41 bits per heavy atom. The zero-order chi connectivity index (χ0) is 16.5. The second kappa shape index (κ2) is 6.07. The standard InChI is InChI=1S/C13H10BrF3N2O3/c1-6-18-19-12(22-6)8(5-11(20)21)7-2-3-9(10(14)4-7)13(15,16)17/h2-4,8H,5H2,1H3,(H,20,21). The smallest absolute Gasteiger partial charge is 0.417 e. The van der Waals surface area contributed by atoms with Gasteiger partial charge in [0.05, 0.1) is 17.9 Å². The van der Waals surface area contributed by atoms with Crippen LogP contribution in [-0.4, -0.2) is 21.3 Å². The van der Waals surface area contributed by atoms with E-state index in [9.17, 15) is 18.0 Å². The fourth-order valence-electron chi connectivity index (χ4n) is 1.95. The predicted octanol–water partition coefficient (Wildman–Crippen LogP) is 3.77. The average molecular weight is 379 g/mol. The van der Waals surface area contributed by atoms with Crippen LogP contribution >= 0.6 is 15.9 Å². The highest BCUT2D eigenvalue weighted by atomic mass is 79.9. The van der Waals surface area contributed by atoms with Gasteiger partial charge in [-0.15, -0.1) is 10.2 Å². The molecule has 1 N–H and O–H groups in total. The second-order valence-corrected chi connectivity index (χ2v) is 5.40. The summed E-state index contributed by atoms with van der Waals surface area (Å²) < 4.78 is 43.3. The topological polar surface area (TPSA) is 76.2 Å². The monoisotopic (exact) mass is 378 g/mol. The molecule has 0 spiro atoms. The summed E-state index contributed by atoms with van der Waals surface area (Å²) in [5.41, 5.74) is -0.502. The largest absolute Gasteiger partial charge is 0.481 e. The number of aryl methyl sites for hydroxylation is 1. The highest BCUT2D eigenvalue weighted by molar-refractivity contribution is 9.10. The molecular weight excluding hydrogens is 369 g/mol. The van der Waals surface area contributed by atoms with Gasteiger partial charge in [0.15, 0.2) is 0 Å². The lowest BCUT2D eigenvalue weighted by Gasteiger charge is -2.14. The summed E-state index contributed by atoms with van der Waals surface area (Å²) in [4.78, 5) is 11.0. The first kappa shape index (κ1) is 16.5. The molecule has 0 aliphatic rings. The molecule has 0 fully saturated rings. The fraction of sp³-hybridized carbons (Fsp3) is 0.308. The van der Waals surface area contributed by atoms with Crippen molar-refractivity contribution in [2.75, 3.05) is 0 Å². The molecule has 1 atom stereocenters. The summed E-state index contributed by atoms with van der Waals surface area (Å²) in [5, 5.41) is 16.4. The molecule has 118 valence electrons. The van der Waals surface area contributed by atoms with Crippen LogP contribution in [0, 0.1) is 6.92 Å². The van der Waals surface area contributed by atoms with E-state index >= 15 is 0 Å². The zero-order valence-electron chi connectivity index (χ0n) is 11.2. The molecule has 9 heteroatoms. The van der Waals surface area contributed by atoms with Gasteiger partial charge in [0.2, 0.25) is 11.8 Å². The van der Waals surface area contributed by atoms with E-state index in [1.54, 1.807) is 0 Å². The summed E-state index contributed by atoms with van der Waals surface area (Å²) in [7, 11) is 0. The minimum Gasteiger partial charge on any atom is -0.481 e. The van der Waals surface area contributed by atoms with Crippen LogP contribution in [0.4, 0.5) is 13.2 Å². The summed E-state index contributed by atoms with van der Waals surface area (Å²) in [6.45, 7) is 1.54. The Balaban J connectivity index is 2.44. The van der Waals surface area contributed by atoms with Crippen LogP contribution in [0.5, 0.6) is 0 Å². The lowest BCUT2D eigenvalue weighted by molar-refractivity contribution is -0.139. The Morgan fingerprint density at radius 3 is 2.55 bits per heavy atom. The van der Waals surface area contributed by atoms with E-state index in [0.29, 0.717) is 5.56 Å². The summed E-state index contributed by atoms with van der Waals surface area (Å²) in [5.74, 6) is -1.66. The molecule has 0 radical (unpaired) electrons. The Hall–Kier alpha value is -1.90. The van der Waals surface area contributed by atoms with E-state index in [1.807, 2.05) is 0 Å². The molecule has 0 aliphatic heterocycles. The number of carboxylic acids is 1. The van der Waals surface area contributed by atoms with Gasteiger partial charge in [-0.3, -0.25) is 4.79 Å². The fourth-order valence-corrected chi connectivity index (χ4v) is 2.57. The SMILES string of the molecule is Cc1nnc(C(CC(=O)O)c2ccc(C(F)(F)F)c(Br)c2)o1. The van der Waals surface area contributed by atoms with Gasteiger partial charge in [0.25, 0.3) is 0 Å². The molecule has 2 aromatic rings. The van der Waals surface area contributed by atoms with Crippen molar-refractivity contribution in [3.05, 3.63) is 45.6 Å². The summed E-state index contributed by atoms with van der Waals surface area (Å²) in [6.07, 6.45) is -4.87. The predicted molar refractivity (Wildman–Crippen MR) is 72.3 cm³/mol. The molecule has 22 heavy (non-hydrogen) atoms. The minimum absolute atomic E-state index is 0.0477. The summed E-state index contributed by atoms with van der Waals surface area (Å²) >= 11 is 2.86. The highest BCUT2D eigenvalue weighted by Gasteiger charge is 2.34. The molecule has 0 saturated carbocycles. The first-order valence-electron chi connectivity index (χ1n) is 6.07. The van der Waals surface area contributed by atoms with Gasteiger partial charge in [-0.25, -0.2) is 0 Å². The van der Waals surface area contributed by atoms with Crippen LogP contribution in [-0.2, 0) is 11.0 Å². The van der Waals surface area contributed by atoms with Crippen molar-refractivity contribution in [3.8, 4) is 0 Å². The lowest BCUT2D eigenvalue weighted by Crippen LogP contribution is -2.11. The molecule has 1 aromatic carbocycles. The van der Waals surface area contributed by atoms with Gasteiger partial charge in [-0.1, -0.05) is 22.0 Å². The van der Waals surface area contributed by atoms with E-state index in [1.165, 1.54) is 19.1 Å². The van der Waals surface area contributed by atoms with E-state index in [0.717, 1.165) is 6.07 Å². The van der Waals surface area contributed by atoms with Gasteiger partial charge in [-0.05, 0) is 17.7 Å². The van der Waals surface area contributed by atoms with Crippen molar-refractivity contribution >= 4 is 21.9 Å². The number of halogens is 4. The van der Waals surface area contributed by atoms with Crippen LogP contribution < -0.4 is 0 Å². The number of hydrogen-bond donors (Lipinski definition) is 1. The number of nitrogens with zero attached hydrogens (tertiary/aromatic N) is 2. The Morgan fingerprint density at radius 2 is 2.09 bits per heavy atom. The average Bonchev–Trinajstić information content (AvgIpc) is 2.80. The molecule has 2 rings (SSSR count). The number of benzene rings is 1. The molecule has 0 saturated heterocycles. The molecule has 1 unspecified atom stereocenters. The van der Waals surface area contributed by atoms with Crippen LogP contribution in [0.1, 0.15) is 35.2 Å². The number of rotatable bonds is 4. The lowest BCUT2D eigenvalue weighted by atomic mass is 9.94. The van der Waals surface area contributed by atoms with Gasteiger partial charge >= 0.3 is 12.1 Å². The third kappa shape index (κ3) is 3.65. The van der Waals surface area contributed by atoms with Crippen molar-refractivity contribution in [2.45, 2.75) is 25.4 Å². The van der Waals surface area contributed by atoms with Crippen LogP contribution in [0.2, 0.25) is 0 Å². The van der Waals surface area contributed by atoms with Crippen molar-refractivity contribution < 1.29 is 27.5 Å². The van der Waals surface area contributed by atoms with E-state index in [4.69, 9.17) is 9.52 Å². The second-order valence-electron chi connectivity index (χ2n) is 4.55. The number of carboxylic acid groups (broad SMARTS) is 1. The third-order valence-electron chi connectivity index (χ3n) is 2.92. The molecule has 1 aromatic heterocycles. The van der Waals surface area contributed by atoms with Gasteiger partial charge in [0.1, 0.15) is 0 Å². The third-order valence-corrected chi connectivity index (χ3v) is 3.58. The minimum atomic E-state index is -4.50. The number of alkyl halides is 3. The Kier molecular flexibility index (Phi) is 4.55. The first-order valence-corrected chi connectivity index (χ1v) is 6.86. The van der Waals surface area contributed by atoms with Gasteiger partial charge in [-0.2, -0.15) is 13.2 Å². The first-order chi connectivity index (χ1) is 10.2. The highest BCUT2D eigenvalue weighted by Crippen LogP contribution is 2.37. The number of aromatic nitrogens is 2.